The highest BCUT2D eigenvalue weighted by Gasteiger charge is 2.04. The quantitative estimate of drug-likeness (QED) is 0.857. The minimum atomic E-state index is -0.466. The average Bonchev–Trinajstić information content (AvgIpc) is 2.47. The number of anilines is 2. The molecule has 2 aromatic rings. The van der Waals surface area contributed by atoms with Gasteiger partial charge in [0.25, 0.3) is 0 Å². The summed E-state index contributed by atoms with van der Waals surface area (Å²) in [6.07, 6.45) is 2.62. The van der Waals surface area contributed by atoms with E-state index in [0.717, 1.165) is 5.69 Å². The smallest absolute Gasteiger partial charge is 0.248 e. The fraction of sp³-hybridized carbons (Fsp3) is 0.118. The lowest BCUT2D eigenvalue weighted by Gasteiger charge is -2.12. The molecule has 5 heteroatoms. The van der Waals surface area contributed by atoms with E-state index in [4.69, 9.17) is 11.6 Å². The number of hydrogen-bond acceptors (Lipinski definition) is 2. The zero-order valence-corrected chi connectivity index (χ0v) is 13.1. The van der Waals surface area contributed by atoms with Crippen molar-refractivity contribution in [1.29, 1.82) is 0 Å². The maximum atomic E-state index is 13.6. The van der Waals surface area contributed by atoms with Crippen molar-refractivity contribution in [3.05, 3.63) is 64.9 Å². The fourth-order valence-electron chi connectivity index (χ4n) is 1.86. The summed E-state index contributed by atoms with van der Waals surface area (Å²) >= 11 is 5.89. The zero-order chi connectivity index (χ0) is 16.1. The lowest BCUT2D eigenvalue weighted by molar-refractivity contribution is -0.111. The second-order valence-electron chi connectivity index (χ2n) is 4.90. The minimum absolute atomic E-state index is 0.197. The van der Waals surface area contributed by atoms with Gasteiger partial charge in [-0.25, -0.2) is 4.39 Å². The van der Waals surface area contributed by atoms with Crippen molar-refractivity contribution in [2.24, 2.45) is 0 Å². The molecule has 1 N–H and O–H groups in total. The van der Waals surface area contributed by atoms with Gasteiger partial charge >= 0.3 is 0 Å². The minimum Gasteiger partial charge on any atom is -0.378 e. The third kappa shape index (κ3) is 4.09. The van der Waals surface area contributed by atoms with Gasteiger partial charge in [-0.15, -0.1) is 0 Å². The first-order valence-electron chi connectivity index (χ1n) is 6.68. The maximum absolute atomic E-state index is 13.6. The third-order valence-corrected chi connectivity index (χ3v) is 3.38. The largest absolute Gasteiger partial charge is 0.378 e. The molecule has 1 amide bonds. The summed E-state index contributed by atoms with van der Waals surface area (Å²) in [6, 6.07) is 11.8. The van der Waals surface area contributed by atoms with E-state index >= 15 is 0 Å². The Morgan fingerprint density at radius 2 is 1.86 bits per heavy atom. The molecule has 0 saturated carbocycles. The van der Waals surface area contributed by atoms with Gasteiger partial charge in [0.15, 0.2) is 0 Å². The second kappa shape index (κ2) is 7.09. The average molecular weight is 319 g/mol. The van der Waals surface area contributed by atoms with E-state index in [0.29, 0.717) is 5.69 Å². The highest BCUT2D eigenvalue weighted by molar-refractivity contribution is 6.32. The Morgan fingerprint density at radius 3 is 2.45 bits per heavy atom. The van der Waals surface area contributed by atoms with Gasteiger partial charge in [-0.05, 0) is 42.5 Å². The van der Waals surface area contributed by atoms with Crippen molar-refractivity contribution >= 4 is 35.0 Å². The molecule has 0 saturated heterocycles. The number of rotatable bonds is 4. The summed E-state index contributed by atoms with van der Waals surface area (Å²) < 4.78 is 13.6. The predicted molar refractivity (Wildman–Crippen MR) is 89.8 cm³/mol. The molecular weight excluding hydrogens is 303 g/mol. The first kappa shape index (κ1) is 16.0. The van der Waals surface area contributed by atoms with Crippen LogP contribution in [-0.2, 0) is 4.79 Å². The van der Waals surface area contributed by atoms with Crippen LogP contribution >= 0.6 is 11.6 Å². The topological polar surface area (TPSA) is 32.3 Å². The van der Waals surface area contributed by atoms with Crippen molar-refractivity contribution in [2.75, 3.05) is 24.3 Å². The number of carbonyl (C=O) groups is 1. The number of nitrogens with zero attached hydrogens (tertiary/aromatic N) is 1. The van der Waals surface area contributed by atoms with E-state index in [9.17, 15) is 9.18 Å². The molecule has 0 unspecified atom stereocenters. The molecule has 3 nitrogen and oxygen atoms in total. The SMILES string of the molecule is CN(C)c1ccc(NC(=O)/C=C/c2c(F)cccc2Cl)cc1. The molecule has 0 aliphatic heterocycles. The van der Waals surface area contributed by atoms with E-state index in [-0.39, 0.29) is 16.5 Å². The van der Waals surface area contributed by atoms with Crippen LogP contribution in [0, 0.1) is 5.82 Å². The van der Waals surface area contributed by atoms with E-state index in [1.807, 2.05) is 31.1 Å². The Morgan fingerprint density at radius 1 is 1.18 bits per heavy atom. The van der Waals surface area contributed by atoms with Gasteiger partial charge in [0.2, 0.25) is 5.91 Å². The number of halogens is 2. The van der Waals surface area contributed by atoms with Gasteiger partial charge in [0.05, 0.1) is 5.02 Å². The standard InChI is InChI=1S/C17H16ClFN2O/c1-21(2)13-8-6-12(7-9-13)20-17(22)11-10-14-15(18)4-3-5-16(14)19/h3-11H,1-2H3,(H,20,22)/b11-10+. The van der Waals surface area contributed by atoms with Gasteiger partial charge in [-0.3, -0.25) is 4.79 Å². The fourth-order valence-corrected chi connectivity index (χ4v) is 2.08. The molecule has 0 aromatic heterocycles. The Hall–Kier alpha value is -2.33. The number of amides is 1. The van der Waals surface area contributed by atoms with Gasteiger partial charge < -0.3 is 10.2 Å². The van der Waals surface area contributed by atoms with Gasteiger partial charge in [-0.1, -0.05) is 17.7 Å². The van der Waals surface area contributed by atoms with Crippen LogP contribution in [0.1, 0.15) is 5.56 Å². The molecule has 2 rings (SSSR count). The summed E-state index contributed by atoms with van der Waals surface area (Å²) in [5.74, 6) is -0.816. The lowest BCUT2D eigenvalue weighted by Crippen LogP contribution is -2.10. The molecule has 2 aromatic carbocycles. The van der Waals surface area contributed by atoms with Crippen molar-refractivity contribution in [3.63, 3.8) is 0 Å². The highest BCUT2D eigenvalue weighted by atomic mass is 35.5. The van der Waals surface area contributed by atoms with Crippen LogP contribution in [0.2, 0.25) is 5.02 Å². The molecule has 0 aliphatic rings. The number of nitrogens with one attached hydrogen (secondary N) is 1. The zero-order valence-electron chi connectivity index (χ0n) is 12.3. The molecule has 0 spiro atoms. The summed E-state index contributed by atoms with van der Waals surface area (Å²) in [4.78, 5) is 13.8. The molecular formula is C17H16ClFN2O. The number of hydrogen-bond donors (Lipinski definition) is 1. The third-order valence-electron chi connectivity index (χ3n) is 3.05. The normalized spacial score (nSPS) is 10.7. The van der Waals surface area contributed by atoms with Crippen LogP contribution < -0.4 is 10.2 Å². The molecule has 22 heavy (non-hydrogen) atoms. The first-order valence-corrected chi connectivity index (χ1v) is 7.05. The molecule has 0 heterocycles. The van der Waals surface area contributed by atoms with Crippen LogP contribution in [-0.4, -0.2) is 20.0 Å². The van der Waals surface area contributed by atoms with Crippen LogP contribution in [0.15, 0.2) is 48.5 Å². The lowest BCUT2D eigenvalue weighted by atomic mass is 10.2. The first-order chi connectivity index (χ1) is 10.5. The van der Waals surface area contributed by atoms with E-state index in [1.165, 1.54) is 24.3 Å². The molecule has 0 radical (unpaired) electrons. The summed E-state index contributed by atoms with van der Waals surface area (Å²) in [7, 11) is 3.88. The number of carbonyl (C=O) groups excluding carboxylic acids is 1. The molecule has 0 bridgehead atoms. The maximum Gasteiger partial charge on any atom is 0.248 e. The van der Waals surface area contributed by atoms with Crippen LogP contribution in [0.3, 0.4) is 0 Å². The van der Waals surface area contributed by atoms with Crippen molar-refractivity contribution in [2.45, 2.75) is 0 Å². The molecule has 0 atom stereocenters. The Kier molecular flexibility index (Phi) is 5.17. The number of benzene rings is 2. The highest BCUT2D eigenvalue weighted by Crippen LogP contribution is 2.20. The Balaban J connectivity index is 2.05. The van der Waals surface area contributed by atoms with Gasteiger partial charge in [0.1, 0.15) is 5.82 Å². The van der Waals surface area contributed by atoms with Crippen molar-refractivity contribution in [3.8, 4) is 0 Å². The monoisotopic (exact) mass is 318 g/mol. The van der Waals surface area contributed by atoms with Gasteiger partial charge in [-0.2, -0.15) is 0 Å². The molecule has 0 aliphatic carbocycles. The molecule has 114 valence electrons. The van der Waals surface area contributed by atoms with Crippen LogP contribution in [0.4, 0.5) is 15.8 Å². The Bertz CT molecular complexity index is 676. The van der Waals surface area contributed by atoms with Gasteiger partial charge in [0, 0.05) is 37.1 Å². The van der Waals surface area contributed by atoms with Crippen LogP contribution in [0.5, 0.6) is 0 Å². The van der Waals surface area contributed by atoms with E-state index in [1.54, 1.807) is 18.2 Å². The Labute approximate surface area is 134 Å². The van der Waals surface area contributed by atoms with Crippen molar-refractivity contribution < 1.29 is 9.18 Å². The summed E-state index contributed by atoms with van der Waals surface area (Å²) in [5, 5.41) is 2.97. The summed E-state index contributed by atoms with van der Waals surface area (Å²) in [5.41, 5.74) is 1.90. The van der Waals surface area contributed by atoms with E-state index < -0.39 is 5.82 Å². The van der Waals surface area contributed by atoms with Crippen molar-refractivity contribution in [1.82, 2.24) is 0 Å². The summed E-state index contributed by atoms with van der Waals surface area (Å²) in [6.45, 7) is 0. The molecule has 0 fully saturated rings. The van der Waals surface area contributed by atoms with Crippen LogP contribution in [0.25, 0.3) is 6.08 Å². The predicted octanol–water partition coefficient (Wildman–Crippen LogP) is 4.20. The van der Waals surface area contributed by atoms with E-state index in [2.05, 4.69) is 5.32 Å². The second-order valence-corrected chi connectivity index (χ2v) is 5.31.